The van der Waals surface area contributed by atoms with Crippen LogP contribution in [0.3, 0.4) is 0 Å². The zero-order valence-corrected chi connectivity index (χ0v) is 25.2. The number of aryl methyl sites for hydroxylation is 2. The van der Waals surface area contributed by atoms with Crippen molar-refractivity contribution in [3.8, 4) is 0 Å². The standard InChI is InChI=1S/C33H39ClN4O3/c1-6-22-9-8-10-25(18-22)38(32(35)41)29-19-27(23-12-14-24(34)15-13-23)26-16-11-21(3)17-28(26)37(31(29)40)20-30(39)36-33(4,5)7-2/h8-18,27,29H,6-7,19-20H2,1-5H3,(H2,35,41)(H,36,39). The van der Waals surface area contributed by atoms with Gasteiger partial charge in [0, 0.05) is 27.9 Å². The number of nitrogens with one attached hydrogen (secondary N) is 1. The SMILES string of the molecule is CCc1cccc(N(C(N)=O)C2CC(c3ccc(Cl)cc3)c3ccc(C)cc3N(CC(=O)NC(C)(C)CC)C2=O)c1. The molecule has 0 fully saturated rings. The Balaban J connectivity index is 1.90. The molecule has 3 N–H and O–H groups in total. The maximum atomic E-state index is 14.6. The number of primary amides is 1. The Kier molecular flexibility index (Phi) is 9.08. The third kappa shape index (κ3) is 6.73. The topological polar surface area (TPSA) is 95.7 Å². The molecule has 0 saturated heterocycles. The van der Waals surface area contributed by atoms with Crippen molar-refractivity contribution in [1.29, 1.82) is 0 Å². The van der Waals surface area contributed by atoms with E-state index < -0.39 is 17.6 Å². The van der Waals surface area contributed by atoms with E-state index in [1.165, 1.54) is 9.80 Å². The number of carbonyl (C=O) groups excluding carboxylic acids is 3. The Morgan fingerprint density at radius 2 is 1.78 bits per heavy atom. The summed E-state index contributed by atoms with van der Waals surface area (Å²) in [6, 6.07) is 19.3. The molecule has 2 atom stereocenters. The molecular weight excluding hydrogens is 536 g/mol. The average Bonchev–Trinajstić information content (AvgIpc) is 3.04. The second-order valence-corrected chi connectivity index (χ2v) is 11.8. The fourth-order valence-electron chi connectivity index (χ4n) is 5.36. The van der Waals surface area contributed by atoms with E-state index in [9.17, 15) is 14.4 Å². The van der Waals surface area contributed by atoms with E-state index in [1.54, 1.807) is 6.07 Å². The van der Waals surface area contributed by atoms with Gasteiger partial charge in [0.2, 0.25) is 5.91 Å². The van der Waals surface area contributed by atoms with Crippen LogP contribution in [0.5, 0.6) is 0 Å². The Labute approximate surface area is 247 Å². The molecule has 1 aliphatic rings. The smallest absolute Gasteiger partial charge is 0.320 e. The molecule has 0 spiro atoms. The van der Waals surface area contributed by atoms with Crippen LogP contribution >= 0.6 is 11.6 Å². The number of fused-ring (bicyclic) bond motifs is 1. The molecular formula is C33H39ClN4O3. The Hall–Kier alpha value is -3.84. The monoisotopic (exact) mass is 574 g/mol. The number of carbonyl (C=O) groups is 3. The lowest BCUT2D eigenvalue weighted by molar-refractivity contribution is -0.125. The molecule has 0 aromatic heterocycles. The highest BCUT2D eigenvalue weighted by Gasteiger charge is 2.41. The lowest BCUT2D eigenvalue weighted by Gasteiger charge is -2.33. The van der Waals surface area contributed by atoms with Gasteiger partial charge in [-0.25, -0.2) is 4.79 Å². The third-order valence-corrected chi connectivity index (χ3v) is 8.20. The summed E-state index contributed by atoms with van der Waals surface area (Å²) >= 11 is 6.23. The van der Waals surface area contributed by atoms with E-state index in [2.05, 4.69) is 5.32 Å². The molecule has 0 radical (unpaired) electrons. The lowest BCUT2D eigenvalue weighted by atomic mass is 9.85. The lowest BCUT2D eigenvalue weighted by Crippen LogP contribution is -2.55. The predicted molar refractivity (Wildman–Crippen MR) is 166 cm³/mol. The van der Waals surface area contributed by atoms with Crippen LogP contribution in [0.15, 0.2) is 66.7 Å². The van der Waals surface area contributed by atoms with Crippen LogP contribution in [0, 0.1) is 6.92 Å². The Morgan fingerprint density at radius 1 is 1.07 bits per heavy atom. The minimum Gasteiger partial charge on any atom is -0.351 e. The van der Waals surface area contributed by atoms with Gasteiger partial charge >= 0.3 is 6.03 Å². The van der Waals surface area contributed by atoms with Crippen molar-refractivity contribution in [2.45, 2.75) is 71.4 Å². The molecule has 2 unspecified atom stereocenters. The summed E-state index contributed by atoms with van der Waals surface area (Å²) in [5, 5.41) is 3.65. The van der Waals surface area contributed by atoms with Crippen LogP contribution in [0.25, 0.3) is 0 Å². The van der Waals surface area contributed by atoms with E-state index in [0.717, 1.165) is 35.1 Å². The van der Waals surface area contributed by atoms with Gasteiger partial charge < -0.3 is 16.0 Å². The molecule has 1 heterocycles. The average molecular weight is 575 g/mol. The van der Waals surface area contributed by atoms with Crippen LogP contribution < -0.4 is 20.9 Å². The van der Waals surface area contributed by atoms with Gasteiger partial charge in [-0.1, -0.05) is 61.8 Å². The number of benzene rings is 3. The van der Waals surface area contributed by atoms with Gasteiger partial charge in [0.05, 0.1) is 0 Å². The third-order valence-electron chi connectivity index (χ3n) is 7.94. The molecule has 8 heteroatoms. The largest absolute Gasteiger partial charge is 0.351 e. The van der Waals surface area contributed by atoms with Crippen LogP contribution in [-0.4, -0.2) is 36.0 Å². The highest BCUT2D eigenvalue weighted by atomic mass is 35.5. The molecule has 4 rings (SSSR count). The molecule has 0 saturated carbocycles. The maximum Gasteiger partial charge on any atom is 0.320 e. The summed E-state index contributed by atoms with van der Waals surface area (Å²) in [6.45, 7) is 9.68. The van der Waals surface area contributed by atoms with Gasteiger partial charge in [-0.2, -0.15) is 0 Å². The number of urea groups is 1. The van der Waals surface area contributed by atoms with Gasteiger partial charge in [-0.05, 0) is 92.6 Å². The van der Waals surface area contributed by atoms with Crippen molar-refractivity contribution in [2.75, 3.05) is 16.3 Å². The summed E-state index contributed by atoms with van der Waals surface area (Å²) in [6.07, 6.45) is 1.76. The summed E-state index contributed by atoms with van der Waals surface area (Å²) in [7, 11) is 0. The number of halogens is 1. The first-order valence-corrected chi connectivity index (χ1v) is 14.5. The van der Waals surface area contributed by atoms with E-state index >= 15 is 0 Å². The Bertz CT molecular complexity index is 1440. The number of nitrogens with two attached hydrogens (primary N) is 1. The van der Waals surface area contributed by atoms with E-state index in [4.69, 9.17) is 17.3 Å². The van der Waals surface area contributed by atoms with E-state index in [1.807, 2.05) is 95.3 Å². The maximum absolute atomic E-state index is 14.6. The number of hydrogen-bond donors (Lipinski definition) is 2. The first kappa shape index (κ1) is 30.1. The van der Waals surface area contributed by atoms with Gasteiger partial charge in [-0.15, -0.1) is 0 Å². The zero-order valence-electron chi connectivity index (χ0n) is 24.4. The molecule has 0 aliphatic carbocycles. The molecule has 3 aromatic rings. The quantitative estimate of drug-likeness (QED) is 0.329. The van der Waals surface area contributed by atoms with Crippen molar-refractivity contribution >= 4 is 40.8 Å². The highest BCUT2D eigenvalue weighted by Crippen LogP contribution is 2.42. The zero-order chi connectivity index (χ0) is 29.9. The van der Waals surface area contributed by atoms with E-state index in [-0.39, 0.29) is 30.7 Å². The molecule has 216 valence electrons. The number of nitrogens with zero attached hydrogens (tertiary/aromatic N) is 2. The Morgan fingerprint density at radius 3 is 2.41 bits per heavy atom. The van der Waals surface area contributed by atoms with Crippen molar-refractivity contribution in [2.24, 2.45) is 5.73 Å². The first-order chi connectivity index (χ1) is 19.4. The molecule has 3 aromatic carbocycles. The van der Waals surface area contributed by atoms with Crippen molar-refractivity contribution in [3.05, 3.63) is 94.0 Å². The van der Waals surface area contributed by atoms with Crippen LogP contribution in [0.2, 0.25) is 5.02 Å². The second-order valence-electron chi connectivity index (χ2n) is 11.4. The molecule has 41 heavy (non-hydrogen) atoms. The number of rotatable bonds is 8. The molecule has 0 bridgehead atoms. The second kappa shape index (κ2) is 12.4. The number of anilines is 2. The number of hydrogen-bond acceptors (Lipinski definition) is 3. The minimum absolute atomic E-state index is 0.190. The van der Waals surface area contributed by atoms with Crippen molar-refractivity contribution < 1.29 is 14.4 Å². The first-order valence-electron chi connectivity index (χ1n) is 14.1. The van der Waals surface area contributed by atoms with Gasteiger partial charge in [-0.3, -0.25) is 14.5 Å². The van der Waals surface area contributed by atoms with Crippen molar-refractivity contribution in [3.63, 3.8) is 0 Å². The molecule has 4 amide bonds. The van der Waals surface area contributed by atoms with E-state index in [0.29, 0.717) is 16.4 Å². The van der Waals surface area contributed by atoms with Gasteiger partial charge in [0.1, 0.15) is 12.6 Å². The minimum atomic E-state index is -0.958. The van der Waals surface area contributed by atoms with Crippen LogP contribution in [-0.2, 0) is 16.0 Å². The van der Waals surface area contributed by atoms with Crippen molar-refractivity contribution in [1.82, 2.24) is 5.32 Å². The summed E-state index contributed by atoms with van der Waals surface area (Å²) in [4.78, 5) is 43.9. The van der Waals surface area contributed by atoms with Crippen LogP contribution in [0.1, 0.15) is 68.7 Å². The summed E-state index contributed by atoms with van der Waals surface area (Å²) < 4.78 is 0. The summed E-state index contributed by atoms with van der Waals surface area (Å²) in [5.74, 6) is -0.911. The van der Waals surface area contributed by atoms with Gasteiger partial charge in [0.25, 0.3) is 5.91 Å². The van der Waals surface area contributed by atoms with Crippen LogP contribution in [0.4, 0.5) is 16.2 Å². The predicted octanol–water partition coefficient (Wildman–Crippen LogP) is 6.34. The van der Waals surface area contributed by atoms with Gasteiger partial charge in [0.15, 0.2) is 0 Å². The summed E-state index contributed by atoms with van der Waals surface area (Å²) in [5.41, 5.74) is 10.6. The molecule has 1 aliphatic heterocycles. The fraction of sp³-hybridized carbons (Fsp3) is 0.364. The number of amides is 4. The normalized spacial score (nSPS) is 17.0. The highest BCUT2D eigenvalue weighted by molar-refractivity contribution is 6.30. The fourth-order valence-corrected chi connectivity index (χ4v) is 5.48. The molecule has 7 nitrogen and oxygen atoms in total.